The van der Waals surface area contributed by atoms with Gasteiger partial charge < -0.3 is 4.98 Å². The van der Waals surface area contributed by atoms with Crippen molar-refractivity contribution in [1.29, 1.82) is 0 Å². The van der Waals surface area contributed by atoms with Gasteiger partial charge in [-0.05, 0) is 58.0 Å². The second kappa shape index (κ2) is 4.04. The third kappa shape index (κ3) is 1.40. The molecule has 1 N–H and O–H groups in total. The van der Waals surface area contributed by atoms with Crippen molar-refractivity contribution < 1.29 is 4.79 Å². The number of halogens is 1. The molecule has 2 aliphatic rings. The molecule has 4 rings (SSSR count). The molecule has 0 fully saturated rings. The summed E-state index contributed by atoms with van der Waals surface area (Å²) in [6.45, 7) is 2.23. The summed E-state index contributed by atoms with van der Waals surface area (Å²) in [5.74, 6) is 0.235. The highest BCUT2D eigenvalue weighted by molar-refractivity contribution is 9.12. The number of ketones is 1. The van der Waals surface area contributed by atoms with Gasteiger partial charge in [-0.2, -0.15) is 0 Å². The van der Waals surface area contributed by atoms with Crippen molar-refractivity contribution in [1.82, 2.24) is 9.97 Å². The molecule has 102 valence electrons. The van der Waals surface area contributed by atoms with E-state index >= 15 is 0 Å². The van der Waals surface area contributed by atoms with Gasteiger partial charge in [-0.15, -0.1) is 0 Å². The normalized spacial score (nSPS) is 25.2. The van der Waals surface area contributed by atoms with Crippen LogP contribution in [0.1, 0.15) is 37.3 Å². The van der Waals surface area contributed by atoms with E-state index in [4.69, 9.17) is 0 Å². The van der Waals surface area contributed by atoms with Crippen molar-refractivity contribution in [2.24, 2.45) is 5.41 Å². The predicted molar refractivity (Wildman–Crippen MR) is 82.6 cm³/mol. The van der Waals surface area contributed by atoms with E-state index in [0.29, 0.717) is 6.42 Å². The van der Waals surface area contributed by atoms with Gasteiger partial charge >= 0.3 is 0 Å². The number of benzene rings is 1. The average Bonchev–Trinajstić information content (AvgIpc) is 3.05. The van der Waals surface area contributed by atoms with Gasteiger partial charge in [-0.3, -0.25) is 4.79 Å². The number of hydrogen-bond donors (Lipinski definition) is 1. The highest BCUT2D eigenvalue weighted by atomic mass is 79.9. The van der Waals surface area contributed by atoms with Crippen molar-refractivity contribution in [3.05, 3.63) is 34.1 Å². The molecule has 2 aromatic rings. The van der Waals surface area contributed by atoms with E-state index in [9.17, 15) is 4.79 Å². The maximum atomic E-state index is 12.1. The zero-order valence-electron chi connectivity index (χ0n) is 11.3. The number of Topliss-reactive ketones (excluding diaryl/α,β-unsaturated/α-hetero) is 1. The number of fused-ring (bicyclic) bond motifs is 5. The first-order chi connectivity index (χ1) is 9.66. The molecule has 3 nitrogen and oxygen atoms in total. The zero-order valence-corrected chi connectivity index (χ0v) is 12.9. The third-order valence-corrected chi connectivity index (χ3v) is 5.82. The predicted octanol–water partition coefficient (Wildman–Crippen LogP) is 3.98. The molecule has 20 heavy (non-hydrogen) atoms. The summed E-state index contributed by atoms with van der Waals surface area (Å²) in [5.41, 5.74) is 5.99. The molecule has 1 unspecified atom stereocenters. The second-order valence-corrected chi connectivity index (χ2v) is 6.61. The average molecular weight is 331 g/mol. The van der Waals surface area contributed by atoms with Gasteiger partial charge in [0.05, 0.1) is 21.8 Å². The van der Waals surface area contributed by atoms with Crippen LogP contribution in [0.25, 0.3) is 16.6 Å². The van der Waals surface area contributed by atoms with Crippen LogP contribution in [-0.2, 0) is 11.2 Å². The summed E-state index contributed by atoms with van der Waals surface area (Å²) in [6, 6.07) is 4.21. The van der Waals surface area contributed by atoms with Gasteiger partial charge in [0.25, 0.3) is 0 Å². The lowest BCUT2D eigenvalue weighted by Crippen LogP contribution is -2.26. The Balaban J connectivity index is 2.07. The first-order valence-corrected chi connectivity index (χ1v) is 7.84. The summed E-state index contributed by atoms with van der Waals surface area (Å²) in [4.78, 5) is 19.7. The van der Waals surface area contributed by atoms with Gasteiger partial charge in [0.2, 0.25) is 0 Å². The number of hydrogen-bond acceptors (Lipinski definition) is 2. The largest absolute Gasteiger partial charge is 0.345 e. The smallest absolute Gasteiger partial charge is 0.170 e. The number of nitrogens with one attached hydrogen (secondary N) is 1. The summed E-state index contributed by atoms with van der Waals surface area (Å²) in [7, 11) is 0. The fraction of sp³-hybridized carbons (Fsp3) is 0.375. The lowest BCUT2D eigenvalue weighted by Gasteiger charge is -2.34. The highest BCUT2D eigenvalue weighted by Gasteiger charge is 2.46. The Hall–Kier alpha value is -1.42. The quantitative estimate of drug-likeness (QED) is 0.859. The van der Waals surface area contributed by atoms with Crippen molar-refractivity contribution in [3.8, 4) is 0 Å². The molecule has 0 bridgehead atoms. The van der Waals surface area contributed by atoms with Crippen LogP contribution in [0.3, 0.4) is 0 Å². The van der Waals surface area contributed by atoms with E-state index < -0.39 is 0 Å². The maximum Gasteiger partial charge on any atom is 0.170 e. The monoisotopic (exact) mass is 330 g/mol. The van der Waals surface area contributed by atoms with E-state index in [1.807, 2.05) is 0 Å². The lowest BCUT2D eigenvalue weighted by molar-refractivity contribution is -0.115. The topological polar surface area (TPSA) is 45.8 Å². The highest BCUT2D eigenvalue weighted by Crippen LogP contribution is 2.57. The van der Waals surface area contributed by atoms with Gasteiger partial charge in [-0.25, -0.2) is 4.98 Å². The summed E-state index contributed by atoms with van der Waals surface area (Å²) < 4.78 is 0.791. The zero-order chi connectivity index (χ0) is 13.9. The molecule has 0 radical (unpaired) electrons. The molecule has 0 saturated carbocycles. The number of aromatic amines is 1. The van der Waals surface area contributed by atoms with Crippen LogP contribution in [0.15, 0.2) is 22.9 Å². The van der Waals surface area contributed by atoms with Crippen LogP contribution < -0.4 is 0 Å². The van der Waals surface area contributed by atoms with Crippen LogP contribution in [0.4, 0.5) is 0 Å². The molecule has 4 heteroatoms. The number of rotatable bonds is 1. The molecule has 1 atom stereocenters. The molecule has 0 spiro atoms. The summed E-state index contributed by atoms with van der Waals surface area (Å²) >= 11 is 3.56. The minimum Gasteiger partial charge on any atom is -0.345 e. The van der Waals surface area contributed by atoms with Gasteiger partial charge in [-0.1, -0.05) is 13.0 Å². The second-order valence-electron chi connectivity index (χ2n) is 5.81. The lowest BCUT2D eigenvalue weighted by atomic mass is 9.71. The van der Waals surface area contributed by atoms with Crippen LogP contribution in [0.5, 0.6) is 0 Å². The van der Waals surface area contributed by atoms with Crippen molar-refractivity contribution in [3.63, 3.8) is 0 Å². The Bertz CT molecular complexity index is 774. The molecular formula is C16H15BrN2O. The molecule has 0 saturated heterocycles. The van der Waals surface area contributed by atoms with Crippen molar-refractivity contribution in [2.75, 3.05) is 0 Å². The third-order valence-electron chi connectivity index (χ3n) is 4.98. The molecular weight excluding hydrogens is 316 g/mol. The number of allylic oxidation sites excluding steroid dienone is 2. The maximum absolute atomic E-state index is 12.1. The number of nitrogens with zero attached hydrogens (tertiary/aromatic N) is 1. The molecule has 1 heterocycles. The summed E-state index contributed by atoms with van der Waals surface area (Å²) in [5, 5.41) is 0. The van der Waals surface area contributed by atoms with Gasteiger partial charge in [0, 0.05) is 11.8 Å². The fourth-order valence-corrected chi connectivity index (χ4v) is 4.67. The first-order valence-electron chi connectivity index (χ1n) is 7.05. The summed E-state index contributed by atoms with van der Waals surface area (Å²) in [6.07, 6.45) is 5.41. The van der Waals surface area contributed by atoms with Crippen LogP contribution in [0.2, 0.25) is 0 Å². The fourth-order valence-electron chi connectivity index (χ4n) is 3.84. The van der Waals surface area contributed by atoms with Crippen LogP contribution in [0, 0.1) is 5.41 Å². The van der Waals surface area contributed by atoms with Gasteiger partial charge in [0.1, 0.15) is 0 Å². The number of aromatic nitrogens is 2. The number of carbonyl (C=O) groups is 1. The number of imidazole rings is 1. The minimum atomic E-state index is 0.113. The molecule has 2 aliphatic carbocycles. The van der Waals surface area contributed by atoms with E-state index in [-0.39, 0.29) is 11.2 Å². The number of carbonyl (C=O) groups excluding carboxylic acids is 1. The molecule has 1 aromatic carbocycles. The SMILES string of the molecule is CCC12CCC(=O)C(Br)=C1c1ccc3[nH]cnc3c1C2. The standard InChI is InChI=1S/C16H15BrN2O/c1-2-16-6-5-12(20)14(17)13(16)9-3-4-11-15(10(9)7-16)19-8-18-11/h3-4,8H,2,5-7H2,1H3,(H,18,19). The Morgan fingerprint density at radius 2 is 2.30 bits per heavy atom. The van der Waals surface area contributed by atoms with E-state index in [1.54, 1.807) is 6.33 Å². The number of H-pyrrole nitrogens is 1. The molecule has 0 aliphatic heterocycles. The van der Waals surface area contributed by atoms with Crippen LogP contribution >= 0.6 is 15.9 Å². The minimum absolute atomic E-state index is 0.113. The van der Waals surface area contributed by atoms with E-state index in [1.165, 1.54) is 16.7 Å². The van der Waals surface area contributed by atoms with Crippen LogP contribution in [-0.4, -0.2) is 15.8 Å². The van der Waals surface area contributed by atoms with Crippen molar-refractivity contribution in [2.45, 2.75) is 32.6 Å². The van der Waals surface area contributed by atoms with Gasteiger partial charge in [0.15, 0.2) is 5.78 Å². The van der Waals surface area contributed by atoms with Crippen molar-refractivity contribution >= 4 is 38.3 Å². The molecule has 0 amide bonds. The Labute approximate surface area is 125 Å². The van der Waals surface area contributed by atoms with E-state index in [0.717, 1.165) is 34.8 Å². The Morgan fingerprint density at radius 1 is 1.45 bits per heavy atom. The Morgan fingerprint density at radius 3 is 3.10 bits per heavy atom. The van der Waals surface area contributed by atoms with E-state index in [2.05, 4.69) is 45.0 Å². The Kier molecular flexibility index (Phi) is 2.49. The first kappa shape index (κ1) is 12.3. The molecule has 1 aromatic heterocycles.